The first-order valence-electron chi connectivity index (χ1n) is 11.1. The number of amides is 1. The smallest absolute Gasteiger partial charge is 0.255 e. The predicted octanol–water partition coefficient (Wildman–Crippen LogP) is 5.91. The molecule has 1 fully saturated rings. The number of nitrogen functional groups attached to an aromatic ring is 1. The fourth-order valence-corrected chi connectivity index (χ4v) is 4.66. The minimum absolute atomic E-state index is 0.210. The van der Waals surface area contributed by atoms with Crippen LogP contribution in [-0.4, -0.2) is 20.3 Å². The fourth-order valence-electron chi connectivity index (χ4n) is 3.94. The number of carbonyl (C=O) groups is 1. The maximum atomic E-state index is 12.5. The van der Waals surface area contributed by atoms with Gasteiger partial charge in [-0.25, -0.2) is 9.97 Å². The summed E-state index contributed by atoms with van der Waals surface area (Å²) >= 11 is 1.53. The number of rotatable bonds is 6. The number of para-hydroxylation sites is 2. The third kappa shape index (κ3) is 3.99. The Kier molecular flexibility index (Phi) is 5.00. The van der Waals surface area contributed by atoms with Gasteiger partial charge in [0.25, 0.3) is 5.91 Å². The van der Waals surface area contributed by atoms with Crippen LogP contribution in [0.4, 0.5) is 22.2 Å². The molecule has 168 valence electrons. The lowest BCUT2D eigenvalue weighted by Gasteiger charge is -2.08. The summed E-state index contributed by atoms with van der Waals surface area (Å²) in [4.78, 5) is 21.9. The minimum atomic E-state index is -0.210. The van der Waals surface area contributed by atoms with Crippen molar-refractivity contribution in [2.75, 3.05) is 16.4 Å². The third-order valence-electron chi connectivity index (χ3n) is 5.96. The molecule has 3 aromatic heterocycles. The highest BCUT2D eigenvalue weighted by atomic mass is 32.1. The molecule has 6 rings (SSSR count). The van der Waals surface area contributed by atoms with Crippen LogP contribution in [0.15, 0.2) is 78.4 Å². The first-order valence-corrected chi connectivity index (χ1v) is 12.0. The van der Waals surface area contributed by atoms with Gasteiger partial charge in [-0.1, -0.05) is 12.1 Å². The van der Waals surface area contributed by atoms with E-state index in [1.54, 1.807) is 24.3 Å². The molecule has 0 spiro atoms. The van der Waals surface area contributed by atoms with Crippen LogP contribution in [0.25, 0.3) is 17.0 Å². The molecule has 0 atom stereocenters. The Hall–Kier alpha value is -4.17. The Morgan fingerprint density at radius 3 is 2.71 bits per heavy atom. The fraction of sp³-hybridized carbons (Fsp3) is 0.115. The summed E-state index contributed by atoms with van der Waals surface area (Å²) in [7, 11) is 0. The van der Waals surface area contributed by atoms with Crippen LogP contribution < -0.4 is 16.4 Å². The number of carbonyl (C=O) groups excluding carboxylic acids is 1. The number of benzene rings is 2. The lowest BCUT2D eigenvalue weighted by Crippen LogP contribution is -2.13. The zero-order chi connectivity index (χ0) is 23.1. The SMILES string of the molecule is Nc1ccccc1NC(=O)c1ccc(Nc2nc(-c3cnc4cc(C5CC5)ccn34)cs2)cc1. The molecular weight excluding hydrogens is 444 g/mol. The molecule has 5 aromatic rings. The lowest BCUT2D eigenvalue weighted by molar-refractivity contribution is 0.102. The molecule has 8 heteroatoms. The van der Waals surface area contributed by atoms with Crippen LogP contribution in [0.5, 0.6) is 0 Å². The normalized spacial score (nSPS) is 13.2. The predicted molar refractivity (Wildman–Crippen MR) is 137 cm³/mol. The van der Waals surface area contributed by atoms with E-state index in [1.165, 1.54) is 29.7 Å². The summed E-state index contributed by atoms with van der Waals surface area (Å²) in [5.74, 6) is 0.493. The van der Waals surface area contributed by atoms with E-state index in [2.05, 4.69) is 38.3 Å². The van der Waals surface area contributed by atoms with Crippen LogP contribution in [0, 0.1) is 0 Å². The molecule has 2 aromatic carbocycles. The number of thiazole rings is 1. The number of fused-ring (bicyclic) bond motifs is 1. The number of imidazole rings is 1. The molecule has 0 radical (unpaired) electrons. The van der Waals surface area contributed by atoms with Gasteiger partial charge in [-0.2, -0.15) is 0 Å². The summed E-state index contributed by atoms with van der Waals surface area (Å²) in [6, 6.07) is 18.8. The van der Waals surface area contributed by atoms with Gasteiger partial charge in [0.05, 0.1) is 23.3 Å². The molecule has 1 saturated carbocycles. The Bertz CT molecular complexity index is 1500. The van der Waals surface area contributed by atoms with Gasteiger partial charge in [0.1, 0.15) is 11.3 Å². The van der Waals surface area contributed by atoms with Gasteiger partial charge in [0, 0.05) is 22.8 Å². The van der Waals surface area contributed by atoms with Gasteiger partial charge in [0.15, 0.2) is 5.13 Å². The highest BCUT2D eigenvalue weighted by Crippen LogP contribution is 2.40. The van der Waals surface area contributed by atoms with Crippen molar-refractivity contribution in [2.24, 2.45) is 0 Å². The van der Waals surface area contributed by atoms with Crippen molar-refractivity contribution >= 4 is 45.1 Å². The van der Waals surface area contributed by atoms with E-state index in [1.807, 2.05) is 35.8 Å². The maximum Gasteiger partial charge on any atom is 0.255 e. The van der Waals surface area contributed by atoms with Crippen molar-refractivity contribution in [1.82, 2.24) is 14.4 Å². The van der Waals surface area contributed by atoms with Crippen molar-refractivity contribution in [3.05, 3.63) is 89.6 Å². The molecular formula is C26H22N6OS. The lowest BCUT2D eigenvalue weighted by atomic mass is 10.2. The van der Waals surface area contributed by atoms with E-state index < -0.39 is 0 Å². The second-order valence-corrected chi connectivity index (χ2v) is 9.25. The van der Waals surface area contributed by atoms with Crippen molar-refractivity contribution in [3.8, 4) is 11.4 Å². The van der Waals surface area contributed by atoms with E-state index in [4.69, 9.17) is 10.7 Å². The largest absolute Gasteiger partial charge is 0.397 e. The summed E-state index contributed by atoms with van der Waals surface area (Å²) < 4.78 is 2.08. The van der Waals surface area contributed by atoms with E-state index >= 15 is 0 Å². The van der Waals surface area contributed by atoms with Crippen molar-refractivity contribution in [3.63, 3.8) is 0 Å². The first kappa shape index (κ1) is 20.4. The Morgan fingerprint density at radius 1 is 1.09 bits per heavy atom. The molecule has 1 aliphatic carbocycles. The monoisotopic (exact) mass is 466 g/mol. The number of hydrogen-bond acceptors (Lipinski definition) is 6. The van der Waals surface area contributed by atoms with Gasteiger partial charge >= 0.3 is 0 Å². The summed E-state index contributed by atoms with van der Waals surface area (Å²) in [6.45, 7) is 0. The number of anilines is 4. The van der Waals surface area contributed by atoms with Crippen molar-refractivity contribution < 1.29 is 4.79 Å². The second kappa shape index (κ2) is 8.31. The van der Waals surface area contributed by atoms with Crippen LogP contribution >= 0.6 is 11.3 Å². The molecule has 34 heavy (non-hydrogen) atoms. The number of pyridine rings is 1. The van der Waals surface area contributed by atoms with Crippen molar-refractivity contribution in [1.29, 1.82) is 0 Å². The Labute approximate surface area is 200 Å². The topological polar surface area (TPSA) is 97.3 Å². The summed E-state index contributed by atoms with van der Waals surface area (Å²) in [5, 5.41) is 8.95. The van der Waals surface area contributed by atoms with Crippen LogP contribution in [0.2, 0.25) is 0 Å². The van der Waals surface area contributed by atoms with Gasteiger partial charge in [-0.3, -0.25) is 9.20 Å². The third-order valence-corrected chi connectivity index (χ3v) is 6.72. The van der Waals surface area contributed by atoms with E-state index in [9.17, 15) is 4.79 Å². The maximum absolute atomic E-state index is 12.5. The molecule has 1 aliphatic rings. The van der Waals surface area contributed by atoms with E-state index in [0.717, 1.165) is 27.9 Å². The first-order chi connectivity index (χ1) is 16.6. The molecule has 3 heterocycles. The molecule has 0 aliphatic heterocycles. The van der Waals surface area contributed by atoms with Gasteiger partial charge in [-0.05, 0) is 72.9 Å². The zero-order valence-electron chi connectivity index (χ0n) is 18.2. The quantitative estimate of drug-likeness (QED) is 0.270. The minimum Gasteiger partial charge on any atom is -0.397 e. The molecule has 0 bridgehead atoms. The molecule has 0 unspecified atom stereocenters. The summed E-state index contributed by atoms with van der Waals surface area (Å²) in [6.07, 6.45) is 6.51. The average Bonchev–Trinajstić information content (AvgIpc) is 3.47. The zero-order valence-corrected chi connectivity index (χ0v) is 19.0. The van der Waals surface area contributed by atoms with Crippen LogP contribution in [0.3, 0.4) is 0 Å². The van der Waals surface area contributed by atoms with Gasteiger partial charge in [-0.15, -0.1) is 11.3 Å². The highest BCUT2D eigenvalue weighted by molar-refractivity contribution is 7.14. The number of aromatic nitrogens is 3. The Balaban J connectivity index is 1.15. The number of nitrogens with zero attached hydrogens (tertiary/aromatic N) is 3. The number of hydrogen-bond donors (Lipinski definition) is 3. The molecule has 4 N–H and O–H groups in total. The molecule has 7 nitrogen and oxygen atoms in total. The Morgan fingerprint density at radius 2 is 1.91 bits per heavy atom. The second-order valence-electron chi connectivity index (χ2n) is 8.39. The van der Waals surface area contributed by atoms with Crippen LogP contribution in [-0.2, 0) is 0 Å². The average molecular weight is 467 g/mol. The summed E-state index contributed by atoms with van der Waals surface area (Å²) in [5.41, 5.74) is 12.6. The van der Waals surface area contributed by atoms with Crippen molar-refractivity contribution in [2.45, 2.75) is 18.8 Å². The highest BCUT2D eigenvalue weighted by Gasteiger charge is 2.24. The molecule has 1 amide bonds. The van der Waals surface area contributed by atoms with Gasteiger partial charge < -0.3 is 16.4 Å². The standard InChI is InChI=1S/C26H22N6OS/c27-20-3-1-2-4-21(20)30-25(33)17-7-9-19(10-8-17)29-26-31-22(15-34-26)23-14-28-24-13-18(16-5-6-16)11-12-32(23)24/h1-4,7-16H,5-6,27H2,(H,29,31)(H,30,33). The van der Waals surface area contributed by atoms with E-state index in [0.29, 0.717) is 22.9 Å². The van der Waals surface area contributed by atoms with Gasteiger partial charge in [0.2, 0.25) is 0 Å². The van der Waals surface area contributed by atoms with E-state index in [-0.39, 0.29) is 5.91 Å². The molecule has 0 saturated heterocycles. The number of nitrogens with two attached hydrogens (primary N) is 1. The van der Waals surface area contributed by atoms with Crippen LogP contribution in [0.1, 0.15) is 34.7 Å². The number of nitrogens with one attached hydrogen (secondary N) is 2.